The van der Waals surface area contributed by atoms with Gasteiger partial charge in [0, 0.05) is 0 Å². The van der Waals surface area contributed by atoms with E-state index >= 15 is 0 Å². The summed E-state index contributed by atoms with van der Waals surface area (Å²) in [5.74, 6) is 0. The van der Waals surface area contributed by atoms with Crippen LogP contribution in [0.25, 0.3) is 0 Å². The minimum Gasteiger partial charge on any atom is -0.379 e. The molecule has 9 heavy (non-hydrogen) atoms. The minimum atomic E-state index is -0.356. The Morgan fingerprint density at radius 3 is 2.00 bits per heavy atom. The molecular weight excluding hydrogens is 114 g/mol. The van der Waals surface area contributed by atoms with E-state index in [1.807, 2.05) is 0 Å². The lowest BCUT2D eigenvalue weighted by Gasteiger charge is -2.21. The molecule has 56 valence electrons. The van der Waals surface area contributed by atoms with E-state index in [1.165, 1.54) is 0 Å². The predicted molar refractivity (Wildman–Crippen MR) is 39.1 cm³/mol. The lowest BCUT2D eigenvalue weighted by atomic mass is 9.91. The van der Waals surface area contributed by atoms with E-state index in [2.05, 4.69) is 26.1 Å². The summed E-state index contributed by atoms with van der Waals surface area (Å²) in [6.45, 7) is 6.31. The van der Waals surface area contributed by atoms with Crippen LogP contribution >= 0.6 is 0 Å². The first kappa shape index (κ1) is 8.92. The van der Waals surface area contributed by atoms with E-state index in [0.717, 1.165) is 6.42 Å². The van der Waals surface area contributed by atoms with Crippen LogP contribution < -0.4 is 5.32 Å². The van der Waals surface area contributed by atoms with Crippen LogP contribution in [0.5, 0.6) is 0 Å². The van der Waals surface area contributed by atoms with Gasteiger partial charge in [-0.15, -0.1) is 0 Å². The zero-order chi connectivity index (χ0) is 7.49. The maximum atomic E-state index is 9.08. The fraction of sp³-hybridized carbons (Fsp3) is 1.00. The van der Waals surface area contributed by atoms with Crippen molar-refractivity contribution in [3.63, 3.8) is 0 Å². The van der Waals surface area contributed by atoms with E-state index in [1.54, 1.807) is 7.05 Å². The molecule has 0 aromatic rings. The molecule has 0 saturated heterocycles. The van der Waals surface area contributed by atoms with Gasteiger partial charge in [0.25, 0.3) is 0 Å². The Balaban J connectivity index is 3.47. The van der Waals surface area contributed by atoms with Crippen LogP contribution in [0.4, 0.5) is 0 Å². The second-order valence-electron chi connectivity index (χ2n) is 3.57. The largest absolute Gasteiger partial charge is 0.379 e. The number of aliphatic hydroxyl groups is 1. The molecule has 0 aliphatic heterocycles. The fourth-order valence-electron chi connectivity index (χ4n) is 0.682. The summed E-state index contributed by atoms with van der Waals surface area (Å²) in [7, 11) is 1.76. The van der Waals surface area contributed by atoms with Gasteiger partial charge in [-0.05, 0) is 18.9 Å². The van der Waals surface area contributed by atoms with Crippen molar-refractivity contribution in [2.24, 2.45) is 5.41 Å². The highest BCUT2D eigenvalue weighted by Gasteiger charge is 2.14. The van der Waals surface area contributed by atoms with Gasteiger partial charge >= 0.3 is 0 Å². The number of aliphatic hydroxyl groups excluding tert-OH is 1. The van der Waals surface area contributed by atoms with Crippen molar-refractivity contribution in [1.82, 2.24) is 5.32 Å². The summed E-state index contributed by atoms with van der Waals surface area (Å²) in [4.78, 5) is 0. The maximum Gasteiger partial charge on any atom is 0.105 e. The van der Waals surface area contributed by atoms with Crippen LogP contribution in [-0.2, 0) is 0 Å². The van der Waals surface area contributed by atoms with E-state index in [0.29, 0.717) is 0 Å². The molecule has 0 heterocycles. The van der Waals surface area contributed by atoms with Crippen LogP contribution in [0.3, 0.4) is 0 Å². The first-order valence-corrected chi connectivity index (χ1v) is 3.31. The zero-order valence-electron chi connectivity index (χ0n) is 6.73. The molecule has 0 aliphatic rings. The van der Waals surface area contributed by atoms with Crippen LogP contribution in [-0.4, -0.2) is 18.4 Å². The van der Waals surface area contributed by atoms with Crippen molar-refractivity contribution in [3.8, 4) is 0 Å². The average Bonchev–Trinajstić information content (AvgIpc) is 1.62. The standard InChI is InChI=1S/C7H17NO/c1-7(2,3)5-6(9)8-4/h6,8-9H,5H2,1-4H3. The molecule has 0 aliphatic carbocycles. The average molecular weight is 131 g/mol. The number of hydrogen-bond donors (Lipinski definition) is 2. The molecule has 0 bridgehead atoms. The van der Waals surface area contributed by atoms with Crippen LogP contribution in [0.2, 0.25) is 0 Å². The molecule has 0 radical (unpaired) electrons. The third-order valence-electron chi connectivity index (χ3n) is 1.14. The van der Waals surface area contributed by atoms with E-state index < -0.39 is 0 Å². The second kappa shape index (κ2) is 3.18. The first-order valence-electron chi connectivity index (χ1n) is 3.31. The van der Waals surface area contributed by atoms with Crippen LogP contribution in [0, 0.1) is 5.41 Å². The van der Waals surface area contributed by atoms with Crippen molar-refractivity contribution >= 4 is 0 Å². The van der Waals surface area contributed by atoms with Gasteiger partial charge in [0.15, 0.2) is 0 Å². The van der Waals surface area contributed by atoms with Gasteiger partial charge in [0.1, 0.15) is 6.23 Å². The van der Waals surface area contributed by atoms with E-state index in [9.17, 15) is 0 Å². The molecule has 0 aromatic heterocycles. The summed E-state index contributed by atoms with van der Waals surface area (Å²) in [6, 6.07) is 0. The number of hydrogen-bond acceptors (Lipinski definition) is 2. The van der Waals surface area contributed by atoms with Crippen molar-refractivity contribution in [1.29, 1.82) is 0 Å². The minimum absolute atomic E-state index is 0.211. The highest BCUT2D eigenvalue weighted by Crippen LogP contribution is 2.19. The topological polar surface area (TPSA) is 32.3 Å². The van der Waals surface area contributed by atoms with Gasteiger partial charge in [0.2, 0.25) is 0 Å². The SMILES string of the molecule is CNC(O)CC(C)(C)C. The Kier molecular flexibility index (Phi) is 3.15. The smallest absolute Gasteiger partial charge is 0.105 e. The van der Waals surface area contributed by atoms with Gasteiger partial charge in [-0.1, -0.05) is 20.8 Å². The molecule has 0 fully saturated rings. The lowest BCUT2D eigenvalue weighted by Crippen LogP contribution is -2.29. The number of nitrogens with one attached hydrogen (secondary N) is 1. The maximum absolute atomic E-state index is 9.08. The van der Waals surface area contributed by atoms with Crippen LogP contribution in [0.15, 0.2) is 0 Å². The first-order chi connectivity index (χ1) is 3.95. The monoisotopic (exact) mass is 131 g/mol. The molecule has 0 amide bonds. The van der Waals surface area contributed by atoms with Gasteiger partial charge < -0.3 is 5.11 Å². The normalized spacial score (nSPS) is 15.7. The Labute approximate surface area is 57.3 Å². The summed E-state index contributed by atoms with van der Waals surface area (Å²) >= 11 is 0. The molecule has 2 nitrogen and oxygen atoms in total. The molecule has 1 unspecified atom stereocenters. The van der Waals surface area contributed by atoms with Crippen LogP contribution in [0.1, 0.15) is 27.2 Å². The quantitative estimate of drug-likeness (QED) is 0.547. The Hall–Kier alpha value is -0.0800. The molecule has 0 saturated carbocycles. The van der Waals surface area contributed by atoms with E-state index in [-0.39, 0.29) is 11.6 Å². The lowest BCUT2D eigenvalue weighted by molar-refractivity contribution is 0.0977. The molecule has 0 spiro atoms. The van der Waals surface area contributed by atoms with Gasteiger partial charge in [-0.3, -0.25) is 5.32 Å². The summed E-state index contributed by atoms with van der Waals surface area (Å²) < 4.78 is 0. The Morgan fingerprint density at radius 2 is 1.89 bits per heavy atom. The van der Waals surface area contributed by atoms with Gasteiger partial charge in [-0.2, -0.15) is 0 Å². The van der Waals surface area contributed by atoms with E-state index in [4.69, 9.17) is 5.11 Å². The molecule has 1 atom stereocenters. The third kappa shape index (κ3) is 5.80. The fourth-order valence-corrected chi connectivity index (χ4v) is 0.682. The van der Waals surface area contributed by atoms with Crippen molar-refractivity contribution in [3.05, 3.63) is 0 Å². The zero-order valence-corrected chi connectivity index (χ0v) is 6.73. The molecular formula is C7H17NO. The summed E-state index contributed by atoms with van der Waals surface area (Å²) in [6.07, 6.45) is 0.439. The van der Waals surface area contributed by atoms with Crippen molar-refractivity contribution < 1.29 is 5.11 Å². The Bertz CT molecular complexity index is 75.5. The highest BCUT2D eigenvalue weighted by atomic mass is 16.3. The highest BCUT2D eigenvalue weighted by molar-refractivity contribution is 4.64. The number of rotatable bonds is 2. The second-order valence-corrected chi connectivity index (χ2v) is 3.57. The molecule has 2 heteroatoms. The summed E-state index contributed by atoms with van der Waals surface area (Å²) in [5.41, 5.74) is 0.211. The third-order valence-corrected chi connectivity index (χ3v) is 1.14. The summed E-state index contributed by atoms with van der Waals surface area (Å²) in [5, 5.41) is 11.9. The van der Waals surface area contributed by atoms with Crippen molar-refractivity contribution in [2.45, 2.75) is 33.4 Å². The molecule has 0 aromatic carbocycles. The van der Waals surface area contributed by atoms with Gasteiger partial charge in [0.05, 0.1) is 0 Å². The van der Waals surface area contributed by atoms with Gasteiger partial charge in [-0.25, -0.2) is 0 Å². The molecule has 2 N–H and O–H groups in total. The predicted octanol–water partition coefficient (Wildman–Crippen LogP) is 0.960. The molecule has 0 rings (SSSR count). The Morgan fingerprint density at radius 1 is 1.44 bits per heavy atom. The van der Waals surface area contributed by atoms with Crippen molar-refractivity contribution in [2.75, 3.05) is 7.05 Å².